The van der Waals surface area contributed by atoms with Crippen molar-refractivity contribution in [1.29, 1.82) is 0 Å². The summed E-state index contributed by atoms with van der Waals surface area (Å²) in [6.45, 7) is 5.53. The number of esters is 1. The molecule has 0 radical (unpaired) electrons. The molecule has 13 heteroatoms. The lowest BCUT2D eigenvalue weighted by Gasteiger charge is -2.44. The van der Waals surface area contributed by atoms with Crippen LogP contribution in [0.3, 0.4) is 0 Å². The van der Waals surface area contributed by atoms with Crippen molar-refractivity contribution in [2.24, 2.45) is 16.3 Å². The molecule has 4 heterocycles. The lowest BCUT2D eigenvalue weighted by molar-refractivity contribution is -0.157. The van der Waals surface area contributed by atoms with Crippen LogP contribution < -0.4 is 5.32 Å². The molecule has 44 heavy (non-hydrogen) atoms. The summed E-state index contributed by atoms with van der Waals surface area (Å²) in [6, 6.07) is 2.19. The van der Waals surface area contributed by atoms with Crippen molar-refractivity contribution in [2.75, 3.05) is 32.8 Å². The van der Waals surface area contributed by atoms with E-state index < -0.39 is 53.8 Å². The van der Waals surface area contributed by atoms with Gasteiger partial charge in [-0.2, -0.15) is 0 Å². The number of nitrogens with zero attached hydrogens (tertiary/aromatic N) is 4. The molecule has 0 amide bonds. The Bertz CT molecular complexity index is 1510. The number of halogens is 3. The fourth-order valence-electron chi connectivity index (χ4n) is 7.45. The summed E-state index contributed by atoms with van der Waals surface area (Å²) < 4.78 is 51.7. The third-order valence-corrected chi connectivity index (χ3v) is 10.3. The van der Waals surface area contributed by atoms with E-state index in [-0.39, 0.29) is 24.6 Å². The first-order chi connectivity index (χ1) is 20.9. The highest BCUT2D eigenvalue weighted by atomic mass is 32.1. The van der Waals surface area contributed by atoms with E-state index in [0.717, 1.165) is 0 Å². The first kappa shape index (κ1) is 30.7. The number of carbonyl (C=O) groups is 2. The van der Waals surface area contributed by atoms with Crippen LogP contribution in [0.15, 0.2) is 46.0 Å². The van der Waals surface area contributed by atoms with Crippen LogP contribution in [-0.4, -0.2) is 88.5 Å². The molecule has 0 bridgehead atoms. The normalized spacial score (nSPS) is 30.0. The summed E-state index contributed by atoms with van der Waals surface area (Å²) in [4.78, 5) is 37.8. The standard InChI is InChI=1S/C31H36F3N5O4S/c1-4-43-28(40)23-21(36-26(27-35-9-11-44-27)37-24(23)19-6-5-7-20(32)17(19)2)15-39-16-31(33,34)25-22(39)8-10-38(25)14-18-12-30(3,13-18)29(41)42/h5-7,9,11,18,22,24-25H,4,8,10,12-16H2,1-3H3,(H,36,37)(H,41,42). The van der Waals surface area contributed by atoms with E-state index in [1.54, 1.807) is 49.4 Å². The molecule has 1 aromatic carbocycles. The predicted molar refractivity (Wildman–Crippen MR) is 158 cm³/mol. The van der Waals surface area contributed by atoms with E-state index in [0.29, 0.717) is 60.0 Å². The summed E-state index contributed by atoms with van der Waals surface area (Å²) in [5.41, 5.74) is 0.557. The second kappa shape index (κ2) is 11.6. The highest BCUT2D eigenvalue weighted by molar-refractivity contribution is 7.11. The maximum Gasteiger partial charge on any atom is 0.338 e. The second-order valence-corrected chi connectivity index (χ2v) is 13.4. The summed E-state index contributed by atoms with van der Waals surface area (Å²) in [5, 5.41) is 15.0. The number of carboxylic acid groups (broad SMARTS) is 1. The van der Waals surface area contributed by atoms with Gasteiger partial charge >= 0.3 is 11.9 Å². The van der Waals surface area contributed by atoms with Crippen molar-refractivity contribution >= 4 is 29.1 Å². The Labute approximate surface area is 257 Å². The van der Waals surface area contributed by atoms with Crippen LogP contribution in [-0.2, 0) is 14.3 Å². The van der Waals surface area contributed by atoms with E-state index in [2.05, 4.69) is 10.3 Å². The second-order valence-electron chi connectivity index (χ2n) is 12.5. The molecule has 1 saturated carbocycles. The van der Waals surface area contributed by atoms with E-state index >= 15 is 8.78 Å². The fourth-order valence-corrected chi connectivity index (χ4v) is 8.03. The molecule has 1 aromatic heterocycles. The molecule has 9 nitrogen and oxygen atoms in total. The molecule has 3 unspecified atom stereocenters. The minimum absolute atomic E-state index is 0.00845. The van der Waals surface area contributed by atoms with Gasteiger partial charge in [0.15, 0.2) is 10.8 Å². The topological polar surface area (TPSA) is 107 Å². The number of thiazole rings is 1. The quantitative estimate of drug-likeness (QED) is 0.393. The number of ether oxygens (including phenoxy) is 1. The SMILES string of the molecule is CCOC(=O)C1=C(CN2CC(F)(F)C3C2CCN3CC2CC(C)(C(=O)O)C2)NC(c2nccs2)=NC1c1cccc(F)c1C. The van der Waals surface area contributed by atoms with Gasteiger partial charge in [-0.05, 0) is 63.1 Å². The van der Waals surface area contributed by atoms with E-state index in [1.165, 1.54) is 17.4 Å². The number of aliphatic carboxylic acids is 1. The van der Waals surface area contributed by atoms with Crippen LogP contribution in [0.25, 0.3) is 0 Å². The highest BCUT2D eigenvalue weighted by Gasteiger charge is 2.60. The van der Waals surface area contributed by atoms with Crippen molar-refractivity contribution in [2.45, 2.75) is 64.1 Å². The Morgan fingerprint density at radius 3 is 2.70 bits per heavy atom. The molecule has 6 rings (SSSR count). The number of benzene rings is 1. The molecular weight excluding hydrogens is 595 g/mol. The van der Waals surface area contributed by atoms with Gasteiger partial charge in [-0.1, -0.05) is 12.1 Å². The molecule has 2 saturated heterocycles. The number of fused-ring (bicyclic) bond motifs is 1. The number of rotatable bonds is 9. The lowest BCUT2D eigenvalue weighted by atomic mass is 9.63. The number of hydrogen-bond donors (Lipinski definition) is 2. The number of amidine groups is 1. The minimum Gasteiger partial charge on any atom is -0.481 e. The van der Waals surface area contributed by atoms with Gasteiger partial charge in [-0.15, -0.1) is 11.3 Å². The van der Waals surface area contributed by atoms with Gasteiger partial charge in [0, 0.05) is 43.0 Å². The van der Waals surface area contributed by atoms with Crippen molar-refractivity contribution < 1.29 is 32.6 Å². The number of aliphatic imine (C=N–C) groups is 1. The van der Waals surface area contributed by atoms with Gasteiger partial charge in [0.1, 0.15) is 11.9 Å². The van der Waals surface area contributed by atoms with E-state index in [4.69, 9.17) is 9.73 Å². The number of aromatic nitrogens is 1. The smallest absolute Gasteiger partial charge is 0.338 e. The zero-order valence-corrected chi connectivity index (χ0v) is 25.7. The van der Waals surface area contributed by atoms with Crippen molar-refractivity contribution in [3.05, 3.63) is 63.0 Å². The van der Waals surface area contributed by atoms with Crippen LogP contribution in [0.2, 0.25) is 0 Å². The molecule has 2 N–H and O–H groups in total. The number of hydrogen-bond acceptors (Lipinski definition) is 9. The van der Waals surface area contributed by atoms with Crippen LogP contribution in [0.4, 0.5) is 13.2 Å². The number of alkyl halides is 2. The Morgan fingerprint density at radius 1 is 1.25 bits per heavy atom. The highest BCUT2D eigenvalue weighted by Crippen LogP contribution is 2.48. The van der Waals surface area contributed by atoms with E-state index in [9.17, 15) is 19.1 Å². The van der Waals surface area contributed by atoms with Crippen LogP contribution in [0.1, 0.15) is 55.3 Å². The first-order valence-electron chi connectivity index (χ1n) is 14.9. The average molecular weight is 632 g/mol. The molecule has 1 aliphatic carbocycles. The van der Waals surface area contributed by atoms with Crippen molar-refractivity contribution in [1.82, 2.24) is 20.1 Å². The van der Waals surface area contributed by atoms with Gasteiger partial charge in [0.25, 0.3) is 5.92 Å². The molecule has 2 aromatic rings. The van der Waals surface area contributed by atoms with Crippen LogP contribution >= 0.6 is 11.3 Å². The maximum absolute atomic E-state index is 15.7. The zero-order chi connectivity index (χ0) is 31.4. The summed E-state index contributed by atoms with van der Waals surface area (Å²) >= 11 is 1.33. The molecular formula is C31H36F3N5O4S. The Morgan fingerprint density at radius 2 is 2.02 bits per heavy atom. The van der Waals surface area contributed by atoms with Gasteiger partial charge < -0.3 is 15.2 Å². The Hall–Kier alpha value is -3.29. The largest absolute Gasteiger partial charge is 0.481 e. The monoisotopic (exact) mass is 631 g/mol. The summed E-state index contributed by atoms with van der Waals surface area (Å²) in [5.74, 6) is -4.51. The van der Waals surface area contributed by atoms with Gasteiger partial charge in [-0.3, -0.25) is 19.6 Å². The maximum atomic E-state index is 15.7. The number of likely N-dealkylation sites (tertiary alicyclic amines) is 2. The lowest BCUT2D eigenvalue weighted by Crippen LogP contribution is -2.51. The Kier molecular flexibility index (Phi) is 8.08. The molecule has 0 spiro atoms. The molecule has 3 fully saturated rings. The van der Waals surface area contributed by atoms with Crippen LogP contribution in [0.5, 0.6) is 0 Å². The predicted octanol–water partition coefficient (Wildman–Crippen LogP) is 4.39. The Balaban J connectivity index is 1.32. The average Bonchev–Trinajstić information content (AvgIpc) is 3.68. The number of carbonyl (C=O) groups excluding carboxylic acids is 1. The minimum atomic E-state index is -3.01. The zero-order valence-electron chi connectivity index (χ0n) is 24.9. The van der Waals surface area contributed by atoms with E-state index in [1.807, 2.05) is 4.90 Å². The van der Waals surface area contributed by atoms with Crippen LogP contribution in [0, 0.1) is 24.1 Å². The summed E-state index contributed by atoms with van der Waals surface area (Å²) in [7, 11) is 0. The third-order valence-electron chi connectivity index (χ3n) is 9.49. The third kappa shape index (κ3) is 5.43. The molecule has 3 atom stereocenters. The number of carboxylic acids is 1. The number of nitrogens with one attached hydrogen (secondary N) is 1. The fraction of sp³-hybridized carbons (Fsp3) is 0.548. The molecule has 4 aliphatic rings. The summed E-state index contributed by atoms with van der Waals surface area (Å²) in [6.07, 6.45) is 3.10. The van der Waals surface area contributed by atoms with Crippen molar-refractivity contribution in [3.63, 3.8) is 0 Å². The van der Waals surface area contributed by atoms with Crippen molar-refractivity contribution in [3.8, 4) is 0 Å². The van der Waals surface area contributed by atoms with Gasteiger partial charge in [0.05, 0.1) is 30.2 Å². The molecule has 3 aliphatic heterocycles. The van der Waals surface area contributed by atoms with Gasteiger partial charge in [0.2, 0.25) is 0 Å². The molecule has 236 valence electrons. The first-order valence-corrected chi connectivity index (χ1v) is 15.8. The van der Waals surface area contributed by atoms with Gasteiger partial charge in [-0.25, -0.2) is 22.9 Å².